The number of aliphatic carboxylic acids is 1. The normalized spacial score (nSPS) is 22.2. The molecule has 0 aromatic heterocycles. The summed E-state index contributed by atoms with van der Waals surface area (Å²) in [4.78, 5) is 36.8. The van der Waals surface area contributed by atoms with Gasteiger partial charge in [0.15, 0.2) is 0 Å². The highest BCUT2D eigenvalue weighted by molar-refractivity contribution is 5.82. The number of carbonyl (C=O) groups is 3. The fourth-order valence-corrected chi connectivity index (χ4v) is 5.11. The summed E-state index contributed by atoms with van der Waals surface area (Å²) in [7, 11) is 0. The molecule has 3 unspecified atom stereocenters. The van der Waals surface area contributed by atoms with Crippen molar-refractivity contribution in [2.75, 3.05) is 13.2 Å². The molecule has 0 heterocycles. The highest BCUT2D eigenvalue weighted by atomic mass is 16.5. The molecule has 7 nitrogen and oxygen atoms in total. The summed E-state index contributed by atoms with van der Waals surface area (Å²) in [6, 6.07) is 15.8. The molecule has 2 aliphatic carbocycles. The standard InChI is InChI=1S/C27H32N2O5/c1-17(24(30)29-23-13-7-8-14-27(23,2)25(31)32)15-28-26(33)34-16-22-20-11-5-3-9-18(20)19-10-4-6-12-21(19)22/h3-6,9-12,17,22-23H,7-8,13-16H2,1-2H3,(H,28,33)(H,29,30)(H,31,32). The second-order valence-corrected chi connectivity index (χ2v) is 9.64. The van der Waals surface area contributed by atoms with Crippen LogP contribution in [0.5, 0.6) is 0 Å². The average molecular weight is 465 g/mol. The molecule has 34 heavy (non-hydrogen) atoms. The van der Waals surface area contributed by atoms with E-state index in [1.54, 1.807) is 13.8 Å². The van der Waals surface area contributed by atoms with Crippen LogP contribution in [0.25, 0.3) is 11.1 Å². The number of rotatable bonds is 7. The summed E-state index contributed by atoms with van der Waals surface area (Å²) in [5.41, 5.74) is 3.63. The number of carbonyl (C=O) groups excluding carboxylic acids is 2. The van der Waals surface area contributed by atoms with Crippen LogP contribution in [0.15, 0.2) is 48.5 Å². The summed E-state index contributed by atoms with van der Waals surface area (Å²) in [6.07, 6.45) is 2.34. The van der Waals surface area contributed by atoms with E-state index in [0.717, 1.165) is 35.1 Å². The van der Waals surface area contributed by atoms with Crippen LogP contribution in [0.3, 0.4) is 0 Å². The van der Waals surface area contributed by atoms with E-state index in [0.29, 0.717) is 12.8 Å². The molecule has 0 saturated heterocycles. The van der Waals surface area contributed by atoms with Gasteiger partial charge in [0.2, 0.25) is 5.91 Å². The van der Waals surface area contributed by atoms with Crippen LogP contribution in [-0.4, -0.2) is 42.3 Å². The maximum atomic E-state index is 12.7. The molecule has 2 aromatic rings. The third-order valence-corrected chi connectivity index (χ3v) is 7.36. The number of carboxylic acid groups (broad SMARTS) is 1. The summed E-state index contributed by atoms with van der Waals surface area (Å²) in [5.74, 6) is -1.69. The van der Waals surface area contributed by atoms with Crippen molar-refractivity contribution in [2.45, 2.75) is 51.5 Å². The Morgan fingerprint density at radius 3 is 2.29 bits per heavy atom. The smallest absolute Gasteiger partial charge is 0.407 e. The molecular formula is C27H32N2O5. The highest BCUT2D eigenvalue weighted by Crippen LogP contribution is 2.44. The first-order chi connectivity index (χ1) is 16.3. The van der Waals surface area contributed by atoms with E-state index < -0.39 is 29.4 Å². The van der Waals surface area contributed by atoms with Gasteiger partial charge < -0.3 is 20.5 Å². The van der Waals surface area contributed by atoms with Crippen molar-refractivity contribution in [1.29, 1.82) is 0 Å². The number of hydrogen-bond donors (Lipinski definition) is 3. The number of benzene rings is 2. The minimum absolute atomic E-state index is 0.0288. The van der Waals surface area contributed by atoms with Crippen molar-refractivity contribution in [3.8, 4) is 11.1 Å². The van der Waals surface area contributed by atoms with Gasteiger partial charge in [-0.1, -0.05) is 68.3 Å². The second-order valence-electron chi connectivity index (χ2n) is 9.64. The molecule has 3 N–H and O–H groups in total. The molecule has 0 spiro atoms. The number of nitrogens with one attached hydrogen (secondary N) is 2. The van der Waals surface area contributed by atoms with Gasteiger partial charge in [0.05, 0.1) is 11.3 Å². The number of alkyl carbamates (subject to hydrolysis) is 1. The lowest BCUT2D eigenvalue weighted by molar-refractivity contribution is -0.152. The highest BCUT2D eigenvalue weighted by Gasteiger charge is 2.44. The molecule has 2 aliphatic rings. The van der Waals surface area contributed by atoms with Crippen LogP contribution >= 0.6 is 0 Å². The van der Waals surface area contributed by atoms with E-state index in [9.17, 15) is 19.5 Å². The first kappa shape index (κ1) is 23.8. The van der Waals surface area contributed by atoms with Gasteiger partial charge in [-0.05, 0) is 42.0 Å². The quantitative estimate of drug-likeness (QED) is 0.566. The maximum absolute atomic E-state index is 12.7. The first-order valence-electron chi connectivity index (χ1n) is 11.9. The Hall–Kier alpha value is -3.35. The lowest BCUT2D eigenvalue weighted by atomic mass is 9.71. The van der Waals surface area contributed by atoms with E-state index in [4.69, 9.17) is 4.74 Å². The maximum Gasteiger partial charge on any atom is 0.407 e. The Morgan fingerprint density at radius 1 is 1.06 bits per heavy atom. The molecule has 180 valence electrons. The lowest BCUT2D eigenvalue weighted by Crippen LogP contribution is -2.53. The summed E-state index contributed by atoms with van der Waals surface area (Å²) >= 11 is 0. The first-order valence-corrected chi connectivity index (χ1v) is 11.9. The van der Waals surface area contributed by atoms with Gasteiger partial charge in [-0.3, -0.25) is 9.59 Å². The molecule has 1 fully saturated rings. The number of fused-ring (bicyclic) bond motifs is 3. The van der Waals surface area contributed by atoms with E-state index in [2.05, 4.69) is 34.9 Å². The SMILES string of the molecule is CC(CNC(=O)OCC1c2ccccc2-c2ccccc21)C(=O)NC1CCCCC1(C)C(=O)O. The number of hydrogen-bond acceptors (Lipinski definition) is 4. The third-order valence-electron chi connectivity index (χ3n) is 7.36. The van der Waals surface area contributed by atoms with Crippen molar-refractivity contribution in [2.24, 2.45) is 11.3 Å². The molecule has 4 rings (SSSR count). The molecule has 1 saturated carbocycles. The zero-order valence-electron chi connectivity index (χ0n) is 19.7. The van der Waals surface area contributed by atoms with Crippen molar-refractivity contribution >= 4 is 18.0 Å². The van der Waals surface area contributed by atoms with Crippen LogP contribution in [0.4, 0.5) is 4.79 Å². The Balaban J connectivity index is 1.29. The largest absolute Gasteiger partial charge is 0.481 e. The van der Waals surface area contributed by atoms with Crippen LogP contribution in [-0.2, 0) is 14.3 Å². The summed E-state index contributed by atoms with van der Waals surface area (Å²) < 4.78 is 5.52. The third kappa shape index (κ3) is 4.65. The Kier molecular flexibility index (Phi) is 6.91. The molecule has 0 radical (unpaired) electrons. The molecule has 7 heteroatoms. The van der Waals surface area contributed by atoms with Crippen molar-refractivity contribution in [1.82, 2.24) is 10.6 Å². The Morgan fingerprint density at radius 2 is 1.68 bits per heavy atom. The van der Waals surface area contributed by atoms with Crippen LogP contribution in [0.1, 0.15) is 56.6 Å². The molecular weight excluding hydrogens is 432 g/mol. The number of carboxylic acids is 1. The van der Waals surface area contributed by atoms with E-state index in [-0.39, 0.29) is 25.0 Å². The average Bonchev–Trinajstić information content (AvgIpc) is 3.16. The van der Waals surface area contributed by atoms with Crippen LogP contribution in [0.2, 0.25) is 0 Å². The number of ether oxygens (including phenoxy) is 1. The minimum atomic E-state index is -0.964. The van der Waals surface area contributed by atoms with Crippen molar-refractivity contribution in [3.63, 3.8) is 0 Å². The summed E-state index contributed by atoms with van der Waals surface area (Å²) in [5, 5.41) is 15.2. The van der Waals surface area contributed by atoms with Gasteiger partial charge in [-0.15, -0.1) is 0 Å². The minimum Gasteiger partial charge on any atom is -0.481 e. The lowest BCUT2D eigenvalue weighted by Gasteiger charge is -2.38. The Bertz CT molecular complexity index is 1040. The molecule has 3 atom stereocenters. The van der Waals surface area contributed by atoms with Gasteiger partial charge in [0, 0.05) is 18.5 Å². The fraction of sp³-hybridized carbons (Fsp3) is 0.444. The van der Waals surface area contributed by atoms with Gasteiger partial charge in [0.1, 0.15) is 6.61 Å². The predicted octanol–water partition coefficient (Wildman–Crippen LogP) is 4.31. The monoisotopic (exact) mass is 464 g/mol. The van der Waals surface area contributed by atoms with Crippen LogP contribution in [0, 0.1) is 11.3 Å². The van der Waals surface area contributed by atoms with Gasteiger partial charge >= 0.3 is 12.1 Å². The van der Waals surface area contributed by atoms with Gasteiger partial charge in [-0.2, -0.15) is 0 Å². The zero-order valence-corrected chi connectivity index (χ0v) is 19.7. The van der Waals surface area contributed by atoms with Gasteiger partial charge in [0.25, 0.3) is 0 Å². The van der Waals surface area contributed by atoms with E-state index in [1.165, 1.54) is 0 Å². The van der Waals surface area contributed by atoms with E-state index >= 15 is 0 Å². The second kappa shape index (κ2) is 9.87. The molecule has 0 aliphatic heterocycles. The molecule has 0 bridgehead atoms. The van der Waals surface area contributed by atoms with E-state index in [1.807, 2.05) is 24.3 Å². The zero-order chi connectivity index (χ0) is 24.3. The van der Waals surface area contributed by atoms with Gasteiger partial charge in [-0.25, -0.2) is 4.79 Å². The topological polar surface area (TPSA) is 105 Å². The molecule has 2 aromatic carbocycles. The Labute approximate surface area is 199 Å². The molecule has 2 amide bonds. The summed E-state index contributed by atoms with van der Waals surface area (Å²) in [6.45, 7) is 3.72. The van der Waals surface area contributed by atoms with Crippen molar-refractivity contribution < 1.29 is 24.2 Å². The van der Waals surface area contributed by atoms with Crippen LogP contribution < -0.4 is 10.6 Å². The van der Waals surface area contributed by atoms with Crippen molar-refractivity contribution in [3.05, 3.63) is 59.7 Å². The fourth-order valence-electron chi connectivity index (χ4n) is 5.11. The number of amides is 2. The predicted molar refractivity (Wildman–Crippen MR) is 128 cm³/mol.